The van der Waals surface area contributed by atoms with Crippen LogP contribution in [0.2, 0.25) is 5.02 Å². The standard InChI is InChI=1S/C24H19ClF6N2O2/c25-19-13-18(9-10-20(19)35-23(27)28)33(22(34)21(32)15-3-7-17(26)8-4-15)12-11-14-1-5-16(6-2-14)24(29,30)31/h1-10,13,21,23H,11-12,32H2/t21-/m1/s1. The molecule has 0 heterocycles. The van der Waals surface area contributed by atoms with E-state index in [1.807, 2.05) is 0 Å². The summed E-state index contributed by atoms with van der Waals surface area (Å²) < 4.78 is 81.2. The number of ether oxygens (including phenoxy) is 1. The average Bonchev–Trinajstić information content (AvgIpc) is 2.80. The monoisotopic (exact) mass is 516 g/mol. The van der Waals surface area contributed by atoms with E-state index >= 15 is 0 Å². The molecule has 0 aliphatic carbocycles. The van der Waals surface area contributed by atoms with Crippen molar-refractivity contribution in [1.82, 2.24) is 0 Å². The van der Waals surface area contributed by atoms with Gasteiger partial charge < -0.3 is 15.4 Å². The molecular formula is C24H19ClF6N2O2. The summed E-state index contributed by atoms with van der Waals surface area (Å²) in [5, 5.41) is -0.189. The molecule has 0 bridgehead atoms. The number of hydrogen-bond donors (Lipinski definition) is 1. The zero-order valence-corrected chi connectivity index (χ0v) is 18.7. The normalized spacial score (nSPS) is 12.5. The predicted octanol–water partition coefficient (Wildman–Crippen LogP) is 6.38. The summed E-state index contributed by atoms with van der Waals surface area (Å²) >= 11 is 6.04. The van der Waals surface area contributed by atoms with E-state index in [1.165, 1.54) is 41.3 Å². The van der Waals surface area contributed by atoms with Gasteiger partial charge in [-0.1, -0.05) is 35.9 Å². The molecule has 0 unspecified atom stereocenters. The molecule has 0 saturated carbocycles. The van der Waals surface area contributed by atoms with Gasteiger partial charge in [0.05, 0.1) is 10.6 Å². The Kier molecular flexibility index (Phi) is 8.29. The number of amides is 1. The van der Waals surface area contributed by atoms with Crippen LogP contribution in [0.25, 0.3) is 0 Å². The third-order valence-electron chi connectivity index (χ3n) is 5.11. The van der Waals surface area contributed by atoms with Crippen LogP contribution in [0.3, 0.4) is 0 Å². The summed E-state index contributed by atoms with van der Waals surface area (Å²) in [7, 11) is 0. The Balaban J connectivity index is 1.88. The number of nitrogens with zero attached hydrogens (tertiary/aromatic N) is 1. The highest BCUT2D eigenvalue weighted by Crippen LogP contribution is 2.32. The number of hydrogen-bond acceptors (Lipinski definition) is 3. The van der Waals surface area contributed by atoms with Crippen LogP contribution < -0.4 is 15.4 Å². The number of benzene rings is 3. The molecule has 186 valence electrons. The number of carbonyl (C=O) groups excluding carboxylic acids is 1. The van der Waals surface area contributed by atoms with Crippen LogP contribution >= 0.6 is 11.6 Å². The van der Waals surface area contributed by atoms with Crippen molar-refractivity contribution in [3.63, 3.8) is 0 Å². The van der Waals surface area contributed by atoms with Gasteiger partial charge in [-0.2, -0.15) is 22.0 Å². The van der Waals surface area contributed by atoms with E-state index in [9.17, 15) is 31.1 Å². The van der Waals surface area contributed by atoms with Gasteiger partial charge in [0, 0.05) is 12.2 Å². The van der Waals surface area contributed by atoms with E-state index in [0.29, 0.717) is 11.1 Å². The largest absolute Gasteiger partial charge is 0.433 e. The number of anilines is 1. The first-order chi connectivity index (χ1) is 16.5. The van der Waals surface area contributed by atoms with E-state index in [1.54, 1.807) is 0 Å². The summed E-state index contributed by atoms with van der Waals surface area (Å²) in [5.41, 5.74) is 6.32. The minimum absolute atomic E-state index is 0.0233. The van der Waals surface area contributed by atoms with E-state index in [-0.39, 0.29) is 29.4 Å². The lowest BCUT2D eigenvalue weighted by atomic mass is 10.0. The van der Waals surface area contributed by atoms with Crippen molar-refractivity contribution >= 4 is 23.2 Å². The van der Waals surface area contributed by atoms with Crippen molar-refractivity contribution in [3.05, 3.63) is 94.3 Å². The van der Waals surface area contributed by atoms with Gasteiger partial charge in [-0.05, 0) is 60.0 Å². The third-order valence-corrected chi connectivity index (χ3v) is 5.41. The number of alkyl halides is 5. The molecular weight excluding hydrogens is 498 g/mol. The molecule has 3 rings (SSSR count). The summed E-state index contributed by atoms with van der Waals surface area (Å²) in [6, 6.07) is 11.9. The zero-order chi connectivity index (χ0) is 25.8. The maximum atomic E-state index is 13.3. The Hall–Kier alpha value is -3.24. The fourth-order valence-corrected chi connectivity index (χ4v) is 3.52. The minimum Gasteiger partial charge on any atom is -0.433 e. The fraction of sp³-hybridized carbons (Fsp3) is 0.208. The van der Waals surface area contributed by atoms with Crippen molar-refractivity contribution in [3.8, 4) is 5.75 Å². The van der Waals surface area contributed by atoms with Gasteiger partial charge in [-0.25, -0.2) is 4.39 Å². The van der Waals surface area contributed by atoms with Gasteiger partial charge in [0.2, 0.25) is 5.91 Å². The van der Waals surface area contributed by atoms with Crippen LogP contribution in [-0.4, -0.2) is 19.1 Å². The summed E-state index contributed by atoms with van der Waals surface area (Å²) in [4.78, 5) is 14.5. The van der Waals surface area contributed by atoms with E-state index < -0.39 is 36.1 Å². The van der Waals surface area contributed by atoms with Crippen LogP contribution in [0.4, 0.5) is 32.0 Å². The number of rotatable bonds is 8. The SMILES string of the molecule is N[C@@H](C(=O)N(CCc1ccc(C(F)(F)F)cc1)c1ccc(OC(F)F)c(Cl)c1)c1ccc(F)cc1. The van der Waals surface area contributed by atoms with Crippen molar-refractivity contribution < 1.29 is 35.9 Å². The molecule has 0 aromatic heterocycles. The Morgan fingerprint density at radius 2 is 1.63 bits per heavy atom. The molecule has 0 aliphatic heterocycles. The molecule has 0 aliphatic rings. The van der Waals surface area contributed by atoms with Crippen molar-refractivity contribution in [1.29, 1.82) is 0 Å². The topological polar surface area (TPSA) is 55.6 Å². The first-order valence-corrected chi connectivity index (χ1v) is 10.6. The number of carbonyl (C=O) groups is 1. The van der Waals surface area contributed by atoms with Gasteiger partial charge in [0.15, 0.2) is 0 Å². The number of nitrogens with two attached hydrogens (primary N) is 1. The first kappa shape index (κ1) is 26.4. The van der Waals surface area contributed by atoms with Crippen LogP contribution in [-0.2, 0) is 17.4 Å². The van der Waals surface area contributed by atoms with Gasteiger partial charge in [0.1, 0.15) is 17.6 Å². The molecule has 2 N–H and O–H groups in total. The minimum atomic E-state index is -4.48. The van der Waals surface area contributed by atoms with Crippen molar-refractivity contribution in [2.75, 3.05) is 11.4 Å². The average molecular weight is 517 g/mol. The predicted molar refractivity (Wildman–Crippen MR) is 119 cm³/mol. The van der Waals surface area contributed by atoms with Crippen LogP contribution in [0.5, 0.6) is 5.75 Å². The molecule has 0 fully saturated rings. The third kappa shape index (κ3) is 6.89. The maximum Gasteiger partial charge on any atom is 0.416 e. The molecule has 11 heteroatoms. The quantitative estimate of drug-likeness (QED) is 0.354. The van der Waals surface area contributed by atoms with E-state index in [2.05, 4.69) is 4.74 Å². The van der Waals surface area contributed by atoms with E-state index in [4.69, 9.17) is 17.3 Å². The molecule has 3 aromatic rings. The first-order valence-electron chi connectivity index (χ1n) is 10.2. The second kappa shape index (κ2) is 11.0. The zero-order valence-electron chi connectivity index (χ0n) is 17.9. The summed E-state index contributed by atoms with van der Waals surface area (Å²) in [5.74, 6) is -1.44. The Morgan fingerprint density at radius 1 is 1.00 bits per heavy atom. The lowest BCUT2D eigenvalue weighted by Crippen LogP contribution is -2.40. The lowest BCUT2D eigenvalue weighted by Gasteiger charge is -2.27. The summed E-state index contributed by atoms with van der Waals surface area (Å²) in [6.45, 7) is -3.13. The van der Waals surface area contributed by atoms with E-state index in [0.717, 1.165) is 30.3 Å². The second-order valence-corrected chi connectivity index (χ2v) is 7.86. The Bertz CT molecular complexity index is 1150. The molecule has 0 radical (unpaired) electrons. The van der Waals surface area contributed by atoms with Crippen molar-refractivity contribution in [2.24, 2.45) is 5.73 Å². The van der Waals surface area contributed by atoms with Crippen LogP contribution in [0, 0.1) is 5.82 Å². The molecule has 3 aromatic carbocycles. The smallest absolute Gasteiger partial charge is 0.416 e. The van der Waals surface area contributed by atoms with Crippen LogP contribution in [0.1, 0.15) is 22.7 Å². The second-order valence-electron chi connectivity index (χ2n) is 7.46. The number of halogens is 7. The molecule has 0 spiro atoms. The molecule has 0 saturated heterocycles. The lowest BCUT2D eigenvalue weighted by molar-refractivity contribution is -0.137. The van der Waals surface area contributed by atoms with Crippen molar-refractivity contribution in [2.45, 2.75) is 25.3 Å². The Labute approximate surface area is 201 Å². The van der Waals surface area contributed by atoms with Gasteiger partial charge in [-0.3, -0.25) is 4.79 Å². The molecule has 1 atom stereocenters. The highest BCUT2D eigenvalue weighted by molar-refractivity contribution is 6.32. The molecule has 4 nitrogen and oxygen atoms in total. The molecule has 35 heavy (non-hydrogen) atoms. The highest BCUT2D eigenvalue weighted by atomic mass is 35.5. The van der Waals surface area contributed by atoms with Crippen LogP contribution in [0.15, 0.2) is 66.7 Å². The Morgan fingerprint density at radius 3 is 2.17 bits per heavy atom. The highest BCUT2D eigenvalue weighted by Gasteiger charge is 2.30. The van der Waals surface area contributed by atoms with Gasteiger partial charge in [-0.15, -0.1) is 0 Å². The maximum absolute atomic E-state index is 13.3. The van der Waals surface area contributed by atoms with Gasteiger partial charge >= 0.3 is 12.8 Å². The fourth-order valence-electron chi connectivity index (χ4n) is 3.30. The summed E-state index contributed by atoms with van der Waals surface area (Å²) in [6.07, 6.45) is -4.34. The molecule has 1 amide bonds. The van der Waals surface area contributed by atoms with Gasteiger partial charge in [0.25, 0.3) is 0 Å².